The molecule has 8 heteroatoms. The first-order chi connectivity index (χ1) is 9.77. The van der Waals surface area contributed by atoms with Crippen molar-refractivity contribution < 1.29 is 4.68 Å². The van der Waals surface area contributed by atoms with E-state index in [4.69, 9.17) is 0 Å². The van der Waals surface area contributed by atoms with E-state index in [2.05, 4.69) is 31.1 Å². The minimum absolute atomic E-state index is 0.805. The summed E-state index contributed by atoms with van der Waals surface area (Å²) in [7, 11) is 3.76. The molecule has 0 spiro atoms. The van der Waals surface area contributed by atoms with Crippen LogP contribution in [0.3, 0.4) is 0 Å². The van der Waals surface area contributed by atoms with Crippen molar-refractivity contribution in [3.8, 4) is 0 Å². The van der Waals surface area contributed by atoms with Crippen molar-refractivity contribution in [2.45, 2.75) is 12.8 Å². The zero-order chi connectivity index (χ0) is 14.2. The number of nitrogens with one attached hydrogen (secondary N) is 3. The molecule has 0 aliphatic carbocycles. The molecule has 2 aliphatic rings. The maximum absolute atomic E-state index is 4.36. The average molecular weight is 279 g/mol. The van der Waals surface area contributed by atoms with Gasteiger partial charge in [0.2, 0.25) is 5.96 Å². The number of rotatable bonds is 3. The van der Waals surface area contributed by atoms with Crippen LogP contribution in [0.4, 0.5) is 0 Å². The molecule has 0 radical (unpaired) electrons. The van der Waals surface area contributed by atoms with Crippen LogP contribution in [0.15, 0.2) is 15.2 Å². The van der Waals surface area contributed by atoms with E-state index in [1.165, 1.54) is 0 Å². The SMILES string of the molecule is CN(/N=C\C=N/[N+](C)=C1NCCCN1)C1=NCCCN1. The second-order valence-corrected chi connectivity index (χ2v) is 4.62. The van der Waals surface area contributed by atoms with Crippen LogP contribution < -0.4 is 16.0 Å². The normalized spacial score (nSPS) is 19.3. The Balaban J connectivity index is 1.85. The molecule has 0 aromatic carbocycles. The Labute approximate surface area is 119 Å². The summed E-state index contributed by atoms with van der Waals surface area (Å²) in [6, 6.07) is 0. The maximum atomic E-state index is 4.36. The van der Waals surface area contributed by atoms with E-state index in [1.54, 1.807) is 22.1 Å². The monoisotopic (exact) mass is 279 g/mol. The summed E-state index contributed by atoms with van der Waals surface area (Å²) in [6.07, 6.45) is 5.51. The molecule has 0 aromatic rings. The summed E-state index contributed by atoms with van der Waals surface area (Å²) >= 11 is 0. The number of hydrogen-bond donors (Lipinski definition) is 3. The molecule has 0 amide bonds. The lowest BCUT2D eigenvalue weighted by molar-refractivity contribution is -0.506. The molecule has 0 bridgehead atoms. The largest absolute Gasteiger partial charge is 0.369 e. The third-order valence-electron chi connectivity index (χ3n) is 2.99. The van der Waals surface area contributed by atoms with Crippen LogP contribution in [-0.4, -0.2) is 74.3 Å². The maximum Gasteiger partial charge on any atom is 0.369 e. The van der Waals surface area contributed by atoms with E-state index in [0.29, 0.717) is 0 Å². The van der Waals surface area contributed by atoms with Gasteiger partial charge >= 0.3 is 5.96 Å². The highest BCUT2D eigenvalue weighted by Gasteiger charge is 2.13. The Morgan fingerprint density at radius 1 is 1.15 bits per heavy atom. The highest BCUT2D eigenvalue weighted by molar-refractivity contribution is 6.15. The van der Waals surface area contributed by atoms with Gasteiger partial charge in [-0.3, -0.25) is 15.6 Å². The Kier molecular flexibility index (Phi) is 5.33. The first kappa shape index (κ1) is 14.3. The topological polar surface area (TPSA) is 79.4 Å². The van der Waals surface area contributed by atoms with Gasteiger partial charge in [-0.15, -0.1) is 9.79 Å². The molecule has 0 unspecified atom stereocenters. The lowest BCUT2D eigenvalue weighted by Crippen LogP contribution is -2.48. The third-order valence-corrected chi connectivity index (χ3v) is 2.99. The zero-order valence-electron chi connectivity index (χ0n) is 12.1. The van der Waals surface area contributed by atoms with Crippen LogP contribution in [0.5, 0.6) is 0 Å². The first-order valence-electron chi connectivity index (χ1n) is 6.94. The van der Waals surface area contributed by atoms with Gasteiger partial charge in [0.15, 0.2) is 0 Å². The van der Waals surface area contributed by atoms with Crippen LogP contribution >= 0.6 is 0 Å². The molecule has 0 aromatic heterocycles. The highest BCUT2D eigenvalue weighted by atomic mass is 15.5. The standard InChI is InChI=1S/C12H22N8/c1-19(11-13-5-3-6-14-11)17-9-10-18-20(2)12-15-7-4-8-16-12/h9-10H,3-8H2,1-2H3,(H2,13,14,15,16)/p+1/b17-9-,18-10-. The van der Waals surface area contributed by atoms with E-state index in [9.17, 15) is 0 Å². The van der Waals surface area contributed by atoms with Crippen LogP contribution in [0.2, 0.25) is 0 Å². The molecule has 110 valence electrons. The second kappa shape index (κ2) is 7.46. The first-order valence-corrected chi connectivity index (χ1v) is 6.94. The molecule has 2 rings (SSSR count). The van der Waals surface area contributed by atoms with Crippen LogP contribution in [0.25, 0.3) is 0 Å². The molecule has 20 heavy (non-hydrogen) atoms. The van der Waals surface area contributed by atoms with Crippen molar-refractivity contribution >= 4 is 24.3 Å². The number of aliphatic imine (C=N–C) groups is 1. The fraction of sp³-hybridized carbons (Fsp3) is 0.667. The molecule has 0 saturated carbocycles. The number of guanidine groups is 2. The van der Waals surface area contributed by atoms with Gasteiger partial charge in [-0.05, 0) is 6.42 Å². The smallest absolute Gasteiger partial charge is 0.355 e. The molecule has 8 nitrogen and oxygen atoms in total. The Bertz CT molecular complexity index is 429. The number of hydrazone groups is 2. The van der Waals surface area contributed by atoms with Crippen molar-refractivity contribution in [1.82, 2.24) is 21.0 Å². The minimum Gasteiger partial charge on any atom is -0.355 e. The van der Waals surface area contributed by atoms with Gasteiger partial charge < -0.3 is 5.32 Å². The van der Waals surface area contributed by atoms with Crippen molar-refractivity contribution in [2.75, 3.05) is 40.3 Å². The molecule has 2 heterocycles. The van der Waals surface area contributed by atoms with E-state index in [0.717, 1.165) is 50.9 Å². The lowest BCUT2D eigenvalue weighted by Gasteiger charge is -2.20. The predicted octanol–water partition coefficient (Wildman–Crippen LogP) is -1.18. The fourth-order valence-corrected chi connectivity index (χ4v) is 1.90. The molecular formula is C12H23N8+. The van der Waals surface area contributed by atoms with Crippen molar-refractivity contribution in [3.63, 3.8) is 0 Å². The summed E-state index contributed by atoms with van der Waals surface area (Å²) < 4.78 is 1.77. The summed E-state index contributed by atoms with van der Waals surface area (Å²) in [5, 5.41) is 20.0. The fourth-order valence-electron chi connectivity index (χ4n) is 1.90. The summed E-state index contributed by atoms with van der Waals surface area (Å²) in [4.78, 5) is 4.36. The van der Waals surface area contributed by atoms with E-state index in [1.807, 2.05) is 14.1 Å². The second-order valence-electron chi connectivity index (χ2n) is 4.62. The predicted molar refractivity (Wildman–Crippen MR) is 81.5 cm³/mol. The van der Waals surface area contributed by atoms with Crippen LogP contribution in [0.1, 0.15) is 12.8 Å². The van der Waals surface area contributed by atoms with Gasteiger partial charge in [-0.2, -0.15) is 5.10 Å². The van der Waals surface area contributed by atoms with Crippen molar-refractivity contribution in [1.29, 1.82) is 0 Å². The Morgan fingerprint density at radius 3 is 2.60 bits per heavy atom. The quantitative estimate of drug-likeness (QED) is 0.345. The number of nitrogens with zero attached hydrogens (tertiary/aromatic N) is 5. The van der Waals surface area contributed by atoms with Crippen LogP contribution in [0, 0.1) is 0 Å². The lowest BCUT2D eigenvalue weighted by atomic mass is 10.4. The summed E-state index contributed by atoms with van der Waals surface area (Å²) in [6.45, 7) is 3.76. The molecule has 3 N–H and O–H groups in total. The van der Waals surface area contributed by atoms with Gasteiger partial charge in [0, 0.05) is 26.6 Å². The summed E-state index contributed by atoms with van der Waals surface area (Å²) in [5.41, 5.74) is 0. The zero-order valence-corrected chi connectivity index (χ0v) is 12.1. The molecule has 2 aliphatic heterocycles. The highest BCUT2D eigenvalue weighted by Crippen LogP contribution is 1.93. The van der Waals surface area contributed by atoms with Gasteiger partial charge in [0.05, 0.1) is 32.6 Å². The Hall–Kier alpha value is -2.12. The van der Waals surface area contributed by atoms with Gasteiger partial charge in [0.25, 0.3) is 0 Å². The van der Waals surface area contributed by atoms with Gasteiger partial charge in [0.1, 0.15) is 0 Å². The molecule has 0 atom stereocenters. The minimum atomic E-state index is 0.805. The average Bonchev–Trinajstić information content (AvgIpc) is 2.53. The van der Waals surface area contributed by atoms with Crippen LogP contribution in [-0.2, 0) is 0 Å². The van der Waals surface area contributed by atoms with E-state index >= 15 is 0 Å². The van der Waals surface area contributed by atoms with Crippen molar-refractivity contribution in [3.05, 3.63) is 0 Å². The van der Waals surface area contributed by atoms with Gasteiger partial charge in [-0.1, -0.05) is 0 Å². The third kappa shape index (κ3) is 4.22. The van der Waals surface area contributed by atoms with E-state index < -0.39 is 0 Å². The Morgan fingerprint density at radius 2 is 1.90 bits per heavy atom. The van der Waals surface area contributed by atoms with E-state index in [-0.39, 0.29) is 0 Å². The number of hydrogen-bond acceptors (Lipinski definition) is 5. The molecule has 1 saturated heterocycles. The molecular weight excluding hydrogens is 256 g/mol. The van der Waals surface area contributed by atoms with Crippen molar-refractivity contribution in [2.24, 2.45) is 15.2 Å². The molecule has 1 fully saturated rings. The summed E-state index contributed by atoms with van der Waals surface area (Å²) in [5.74, 6) is 1.73. The van der Waals surface area contributed by atoms with Gasteiger partial charge in [-0.25, -0.2) is 5.01 Å².